The van der Waals surface area contributed by atoms with Gasteiger partial charge in [0.2, 0.25) is 0 Å². The van der Waals surface area contributed by atoms with Crippen molar-refractivity contribution < 1.29 is 4.74 Å². The molecule has 0 aliphatic carbocycles. The monoisotopic (exact) mass is 322 g/mol. The second-order valence-electron chi connectivity index (χ2n) is 5.32. The Labute approximate surface area is 139 Å². The molecule has 122 valence electrons. The second kappa shape index (κ2) is 7.00. The van der Waals surface area contributed by atoms with E-state index in [1.54, 1.807) is 36.7 Å². The van der Waals surface area contributed by atoms with Crippen LogP contribution in [0.25, 0.3) is 5.69 Å². The van der Waals surface area contributed by atoms with Gasteiger partial charge in [0.15, 0.2) is 0 Å². The van der Waals surface area contributed by atoms with Gasteiger partial charge in [-0.15, -0.1) is 0 Å². The van der Waals surface area contributed by atoms with E-state index in [9.17, 15) is 9.59 Å². The van der Waals surface area contributed by atoms with Crippen molar-refractivity contribution in [1.82, 2.24) is 9.13 Å². The Morgan fingerprint density at radius 1 is 0.875 bits per heavy atom. The van der Waals surface area contributed by atoms with Crippen LogP contribution < -0.4 is 15.9 Å². The van der Waals surface area contributed by atoms with Gasteiger partial charge in [-0.25, -0.2) is 0 Å². The van der Waals surface area contributed by atoms with E-state index in [0.717, 1.165) is 11.3 Å². The molecular weight excluding hydrogens is 304 g/mol. The zero-order valence-electron chi connectivity index (χ0n) is 13.4. The van der Waals surface area contributed by atoms with Crippen molar-refractivity contribution in [3.05, 3.63) is 93.3 Å². The van der Waals surface area contributed by atoms with Crippen molar-refractivity contribution in [2.45, 2.75) is 13.5 Å². The minimum absolute atomic E-state index is 0.374. The fourth-order valence-electron chi connectivity index (χ4n) is 2.49. The predicted molar refractivity (Wildman–Crippen MR) is 93.0 cm³/mol. The lowest BCUT2D eigenvalue weighted by atomic mass is 10.2. The maximum atomic E-state index is 12.4. The van der Waals surface area contributed by atoms with Crippen LogP contribution in [0.4, 0.5) is 0 Å². The van der Waals surface area contributed by atoms with E-state index in [2.05, 4.69) is 0 Å². The van der Waals surface area contributed by atoms with Gasteiger partial charge in [0.25, 0.3) is 0 Å². The molecule has 0 radical (unpaired) electrons. The molecule has 0 spiro atoms. The number of rotatable bonds is 5. The molecule has 0 saturated carbocycles. The van der Waals surface area contributed by atoms with Gasteiger partial charge in [-0.1, -0.05) is 30.3 Å². The van der Waals surface area contributed by atoms with E-state index in [4.69, 9.17) is 4.74 Å². The van der Waals surface area contributed by atoms with Crippen LogP contribution in [0.15, 0.2) is 76.6 Å². The maximum absolute atomic E-state index is 12.4. The van der Waals surface area contributed by atoms with Crippen LogP contribution in [0.5, 0.6) is 5.75 Å². The second-order valence-corrected chi connectivity index (χ2v) is 5.32. The summed E-state index contributed by atoms with van der Waals surface area (Å²) in [4.78, 5) is 24.7. The summed E-state index contributed by atoms with van der Waals surface area (Å²) in [5.41, 5.74) is 0.484. The lowest BCUT2D eigenvalue weighted by molar-refractivity contribution is 0.340. The molecular formula is C19H18N2O3. The quantitative estimate of drug-likeness (QED) is 0.678. The summed E-state index contributed by atoms with van der Waals surface area (Å²) in [7, 11) is 0. The first kappa shape index (κ1) is 15.8. The van der Waals surface area contributed by atoms with Crippen molar-refractivity contribution in [2.75, 3.05) is 6.61 Å². The first-order valence-corrected chi connectivity index (χ1v) is 7.78. The summed E-state index contributed by atoms with van der Waals surface area (Å²) >= 11 is 0. The lowest BCUT2D eigenvalue weighted by Crippen LogP contribution is -2.40. The number of hydrogen-bond acceptors (Lipinski definition) is 3. The van der Waals surface area contributed by atoms with Crippen LogP contribution >= 0.6 is 0 Å². The Morgan fingerprint density at radius 2 is 1.58 bits per heavy atom. The van der Waals surface area contributed by atoms with Gasteiger partial charge in [0.05, 0.1) is 13.2 Å². The predicted octanol–water partition coefficient (Wildman–Crippen LogP) is 2.45. The molecule has 0 aliphatic heterocycles. The molecule has 0 fully saturated rings. The van der Waals surface area contributed by atoms with Crippen molar-refractivity contribution in [3.8, 4) is 11.4 Å². The van der Waals surface area contributed by atoms with Crippen LogP contribution in [-0.4, -0.2) is 15.7 Å². The molecule has 0 bridgehead atoms. The van der Waals surface area contributed by atoms with Crippen molar-refractivity contribution in [2.24, 2.45) is 0 Å². The Hall–Kier alpha value is -3.08. The minimum atomic E-state index is -0.572. The molecule has 5 nitrogen and oxygen atoms in total. The van der Waals surface area contributed by atoms with E-state index >= 15 is 0 Å². The number of hydrogen-bond donors (Lipinski definition) is 0. The van der Waals surface area contributed by atoms with Crippen LogP contribution in [0.2, 0.25) is 0 Å². The molecule has 3 rings (SSSR count). The smallest absolute Gasteiger partial charge is 0.320 e. The molecule has 0 amide bonds. The van der Waals surface area contributed by atoms with Crippen molar-refractivity contribution in [3.63, 3.8) is 0 Å². The van der Waals surface area contributed by atoms with Crippen LogP contribution in [0.1, 0.15) is 12.5 Å². The van der Waals surface area contributed by atoms with Crippen LogP contribution in [0, 0.1) is 0 Å². The van der Waals surface area contributed by atoms with E-state index < -0.39 is 11.1 Å². The third-order valence-corrected chi connectivity index (χ3v) is 3.68. The van der Waals surface area contributed by atoms with Gasteiger partial charge in [0.1, 0.15) is 5.75 Å². The van der Waals surface area contributed by atoms with Crippen molar-refractivity contribution >= 4 is 0 Å². The Morgan fingerprint density at radius 3 is 2.25 bits per heavy atom. The van der Waals surface area contributed by atoms with Gasteiger partial charge in [-0.2, -0.15) is 0 Å². The molecule has 0 aliphatic rings. The molecule has 3 aromatic rings. The Balaban J connectivity index is 1.93. The fraction of sp³-hybridized carbons (Fsp3) is 0.158. The molecule has 1 aromatic heterocycles. The number of aromatic nitrogens is 2. The Kier molecular flexibility index (Phi) is 4.61. The van der Waals surface area contributed by atoms with Gasteiger partial charge in [-0.3, -0.25) is 14.2 Å². The number of ether oxygens (including phenoxy) is 1. The largest absolute Gasteiger partial charge is 0.494 e. The van der Waals surface area contributed by atoms with E-state index in [-0.39, 0.29) is 0 Å². The van der Waals surface area contributed by atoms with E-state index in [1.807, 2.05) is 37.3 Å². The highest BCUT2D eigenvalue weighted by Crippen LogP contribution is 2.13. The zero-order valence-corrected chi connectivity index (χ0v) is 13.4. The first-order valence-electron chi connectivity index (χ1n) is 7.78. The van der Waals surface area contributed by atoms with E-state index in [0.29, 0.717) is 18.8 Å². The average Bonchev–Trinajstić information content (AvgIpc) is 2.61. The summed E-state index contributed by atoms with van der Waals surface area (Å²) in [5, 5.41) is 0. The summed E-state index contributed by atoms with van der Waals surface area (Å²) in [6, 6.07) is 16.6. The number of benzene rings is 2. The highest BCUT2D eigenvalue weighted by molar-refractivity contribution is 5.37. The van der Waals surface area contributed by atoms with Gasteiger partial charge >= 0.3 is 11.1 Å². The highest BCUT2D eigenvalue weighted by atomic mass is 16.5. The molecule has 5 heteroatoms. The molecule has 0 saturated heterocycles. The first-order chi connectivity index (χ1) is 11.7. The van der Waals surface area contributed by atoms with Crippen LogP contribution in [-0.2, 0) is 6.54 Å². The zero-order chi connectivity index (χ0) is 16.9. The topological polar surface area (TPSA) is 53.2 Å². The average molecular weight is 322 g/mol. The molecule has 0 unspecified atom stereocenters. The third kappa shape index (κ3) is 3.30. The molecule has 0 atom stereocenters. The SMILES string of the molecule is CCOc1ccc(-n2ccn(Cc3ccccc3)c(=O)c2=O)cc1. The van der Waals surface area contributed by atoms with Gasteiger partial charge < -0.3 is 9.30 Å². The number of nitrogens with zero attached hydrogens (tertiary/aromatic N) is 2. The van der Waals surface area contributed by atoms with Gasteiger partial charge in [0, 0.05) is 18.1 Å². The summed E-state index contributed by atoms with van der Waals surface area (Å²) in [6.07, 6.45) is 3.25. The van der Waals surface area contributed by atoms with Gasteiger partial charge in [-0.05, 0) is 36.8 Å². The third-order valence-electron chi connectivity index (χ3n) is 3.68. The summed E-state index contributed by atoms with van der Waals surface area (Å²) in [5.74, 6) is 0.728. The summed E-state index contributed by atoms with van der Waals surface area (Å²) < 4.78 is 8.15. The fourth-order valence-corrected chi connectivity index (χ4v) is 2.49. The summed E-state index contributed by atoms with van der Waals surface area (Å²) in [6.45, 7) is 2.86. The highest BCUT2D eigenvalue weighted by Gasteiger charge is 2.07. The standard InChI is InChI=1S/C19H18N2O3/c1-2-24-17-10-8-16(9-11-17)21-13-12-20(18(22)19(21)23)14-15-6-4-3-5-7-15/h3-13H,2,14H2,1H3. The van der Waals surface area contributed by atoms with E-state index in [1.165, 1.54) is 9.13 Å². The molecule has 1 heterocycles. The molecule has 2 aromatic carbocycles. The normalized spacial score (nSPS) is 10.5. The molecule has 0 N–H and O–H groups in total. The maximum Gasteiger partial charge on any atom is 0.320 e. The molecule has 24 heavy (non-hydrogen) atoms. The Bertz CT molecular complexity index is 925. The lowest BCUT2D eigenvalue weighted by Gasteiger charge is -2.10. The van der Waals surface area contributed by atoms with Crippen LogP contribution in [0.3, 0.4) is 0 Å². The van der Waals surface area contributed by atoms with Crippen molar-refractivity contribution in [1.29, 1.82) is 0 Å². The minimum Gasteiger partial charge on any atom is -0.494 e.